The first-order valence-electron chi connectivity index (χ1n) is 7.22. The van der Waals surface area contributed by atoms with Crippen molar-refractivity contribution in [3.05, 3.63) is 58.3 Å². The fourth-order valence-corrected chi connectivity index (χ4v) is 3.77. The summed E-state index contributed by atoms with van der Waals surface area (Å²) in [5.74, 6) is 0. The summed E-state index contributed by atoms with van der Waals surface area (Å²) in [6.07, 6.45) is 2.08. The minimum Gasteiger partial charge on any atom is -0.395 e. The minimum absolute atomic E-state index is 0.0353. The Morgan fingerprint density at radius 1 is 1.10 bits per heavy atom. The van der Waals surface area contributed by atoms with Crippen molar-refractivity contribution in [2.45, 2.75) is 24.8 Å². The largest absolute Gasteiger partial charge is 0.395 e. The molecule has 106 valence electrons. The van der Waals surface area contributed by atoms with E-state index in [0.29, 0.717) is 0 Å². The molecule has 1 aromatic carbocycles. The SMILES string of the molecule is OCC1(c2ccccc2)CCN(Cc2ccsc2)CC1. The van der Waals surface area contributed by atoms with Gasteiger partial charge in [-0.3, -0.25) is 4.90 Å². The molecule has 0 bridgehead atoms. The van der Waals surface area contributed by atoms with Crippen molar-refractivity contribution in [1.82, 2.24) is 4.90 Å². The first-order chi connectivity index (χ1) is 9.82. The summed E-state index contributed by atoms with van der Waals surface area (Å²) in [5, 5.41) is 14.3. The van der Waals surface area contributed by atoms with Crippen LogP contribution in [0.1, 0.15) is 24.0 Å². The Morgan fingerprint density at radius 2 is 1.85 bits per heavy atom. The van der Waals surface area contributed by atoms with E-state index in [9.17, 15) is 5.11 Å². The fraction of sp³-hybridized carbons (Fsp3) is 0.412. The van der Waals surface area contributed by atoms with Crippen molar-refractivity contribution in [2.24, 2.45) is 0 Å². The Balaban J connectivity index is 1.67. The molecule has 0 aliphatic carbocycles. The predicted molar refractivity (Wildman–Crippen MR) is 84.0 cm³/mol. The van der Waals surface area contributed by atoms with E-state index in [1.165, 1.54) is 11.1 Å². The Hall–Kier alpha value is -1.16. The lowest BCUT2D eigenvalue weighted by atomic mass is 9.73. The third kappa shape index (κ3) is 2.80. The highest BCUT2D eigenvalue weighted by Crippen LogP contribution is 2.35. The molecule has 1 fully saturated rings. The summed E-state index contributed by atoms with van der Waals surface area (Å²) < 4.78 is 0. The number of thiophene rings is 1. The molecule has 1 saturated heterocycles. The van der Waals surface area contributed by atoms with Gasteiger partial charge in [0.1, 0.15) is 0 Å². The van der Waals surface area contributed by atoms with Crippen LogP contribution in [0.3, 0.4) is 0 Å². The molecule has 3 heteroatoms. The van der Waals surface area contributed by atoms with Crippen LogP contribution in [0.2, 0.25) is 0 Å². The molecule has 0 unspecified atom stereocenters. The molecule has 1 N–H and O–H groups in total. The number of aliphatic hydroxyl groups is 1. The zero-order valence-electron chi connectivity index (χ0n) is 11.7. The fourth-order valence-electron chi connectivity index (χ4n) is 3.11. The summed E-state index contributed by atoms with van der Waals surface area (Å²) in [5.41, 5.74) is 2.66. The molecule has 0 saturated carbocycles. The molecule has 2 nitrogen and oxygen atoms in total. The second-order valence-corrected chi connectivity index (χ2v) is 6.49. The summed E-state index contributed by atoms with van der Waals surface area (Å²) in [6.45, 7) is 3.42. The summed E-state index contributed by atoms with van der Waals surface area (Å²) >= 11 is 1.76. The van der Waals surface area contributed by atoms with Gasteiger partial charge in [0.25, 0.3) is 0 Å². The van der Waals surface area contributed by atoms with Crippen LogP contribution in [0.5, 0.6) is 0 Å². The van der Waals surface area contributed by atoms with Crippen molar-refractivity contribution < 1.29 is 5.11 Å². The standard InChI is InChI=1S/C17H21NOS/c19-14-17(16-4-2-1-3-5-16)7-9-18(10-8-17)12-15-6-11-20-13-15/h1-6,11,13,19H,7-10,12,14H2. The van der Waals surface area contributed by atoms with Crippen LogP contribution in [0.15, 0.2) is 47.2 Å². The van der Waals surface area contributed by atoms with Gasteiger partial charge in [0.2, 0.25) is 0 Å². The zero-order chi connectivity index (χ0) is 13.8. The smallest absolute Gasteiger partial charge is 0.0528 e. The molecule has 0 spiro atoms. The van der Waals surface area contributed by atoms with Crippen LogP contribution in [-0.4, -0.2) is 29.7 Å². The van der Waals surface area contributed by atoms with E-state index < -0.39 is 0 Å². The number of benzene rings is 1. The molecule has 1 aliphatic rings. The molecule has 0 atom stereocenters. The van der Waals surface area contributed by atoms with E-state index in [1.54, 1.807) is 11.3 Å². The molecule has 0 amide bonds. The van der Waals surface area contributed by atoms with Crippen LogP contribution in [0, 0.1) is 0 Å². The second kappa shape index (κ2) is 6.08. The van der Waals surface area contributed by atoms with E-state index in [1.807, 2.05) is 6.07 Å². The molecular formula is C17H21NOS. The maximum Gasteiger partial charge on any atom is 0.0528 e. The second-order valence-electron chi connectivity index (χ2n) is 5.71. The molecule has 1 aromatic heterocycles. The normalized spacial score (nSPS) is 19.1. The highest BCUT2D eigenvalue weighted by Gasteiger charge is 2.35. The maximum absolute atomic E-state index is 9.92. The van der Waals surface area contributed by atoms with Gasteiger partial charge >= 0.3 is 0 Å². The zero-order valence-corrected chi connectivity index (χ0v) is 12.5. The Morgan fingerprint density at radius 3 is 2.45 bits per heavy atom. The lowest BCUT2D eigenvalue weighted by Gasteiger charge is -2.41. The van der Waals surface area contributed by atoms with E-state index in [4.69, 9.17) is 0 Å². The van der Waals surface area contributed by atoms with Gasteiger partial charge in [-0.05, 0) is 53.9 Å². The lowest BCUT2D eigenvalue weighted by Crippen LogP contribution is -2.44. The van der Waals surface area contributed by atoms with Crippen LogP contribution in [-0.2, 0) is 12.0 Å². The van der Waals surface area contributed by atoms with Gasteiger partial charge in [-0.1, -0.05) is 30.3 Å². The third-order valence-corrected chi connectivity index (χ3v) is 5.22. The number of likely N-dealkylation sites (tertiary alicyclic amines) is 1. The molecule has 2 heterocycles. The van der Waals surface area contributed by atoms with E-state index in [-0.39, 0.29) is 12.0 Å². The van der Waals surface area contributed by atoms with Crippen molar-refractivity contribution in [2.75, 3.05) is 19.7 Å². The predicted octanol–water partition coefficient (Wildman–Crippen LogP) is 3.27. The van der Waals surface area contributed by atoms with Crippen LogP contribution >= 0.6 is 11.3 Å². The summed E-state index contributed by atoms with van der Waals surface area (Å²) in [6, 6.07) is 12.7. The highest BCUT2D eigenvalue weighted by molar-refractivity contribution is 7.07. The highest BCUT2D eigenvalue weighted by atomic mass is 32.1. The molecule has 0 radical (unpaired) electrons. The van der Waals surface area contributed by atoms with Gasteiger partial charge in [-0.15, -0.1) is 0 Å². The number of nitrogens with zero attached hydrogens (tertiary/aromatic N) is 1. The van der Waals surface area contributed by atoms with Crippen LogP contribution in [0.25, 0.3) is 0 Å². The average molecular weight is 287 g/mol. The number of hydrogen-bond acceptors (Lipinski definition) is 3. The topological polar surface area (TPSA) is 23.5 Å². The Labute approximate surface area is 124 Å². The van der Waals surface area contributed by atoms with E-state index in [0.717, 1.165) is 32.5 Å². The minimum atomic E-state index is -0.0353. The molecule has 3 rings (SSSR count). The Kier molecular flexibility index (Phi) is 4.20. The van der Waals surface area contributed by atoms with Crippen molar-refractivity contribution in [3.63, 3.8) is 0 Å². The monoisotopic (exact) mass is 287 g/mol. The van der Waals surface area contributed by atoms with Gasteiger partial charge in [-0.2, -0.15) is 11.3 Å². The number of piperidine rings is 1. The number of aliphatic hydroxyl groups excluding tert-OH is 1. The maximum atomic E-state index is 9.92. The van der Waals surface area contributed by atoms with Crippen LogP contribution in [0.4, 0.5) is 0 Å². The van der Waals surface area contributed by atoms with Crippen LogP contribution < -0.4 is 0 Å². The molecular weight excluding hydrogens is 266 g/mol. The summed E-state index contributed by atoms with van der Waals surface area (Å²) in [4.78, 5) is 2.50. The first-order valence-corrected chi connectivity index (χ1v) is 8.16. The number of rotatable bonds is 4. The molecule has 2 aromatic rings. The van der Waals surface area contributed by atoms with Gasteiger partial charge in [0.15, 0.2) is 0 Å². The first kappa shape index (κ1) is 13.8. The van der Waals surface area contributed by atoms with Gasteiger partial charge < -0.3 is 5.11 Å². The van der Waals surface area contributed by atoms with Crippen molar-refractivity contribution in [3.8, 4) is 0 Å². The van der Waals surface area contributed by atoms with Gasteiger partial charge in [0, 0.05) is 12.0 Å². The lowest BCUT2D eigenvalue weighted by molar-refractivity contribution is 0.0975. The van der Waals surface area contributed by atoms with E-state index in [2.05, 4.69) is 46.0 Å². The molecule has 20 heavy (non-hydrogen) atoms. The van der Waals surface area contributed by atoms with E-state index >= 15 is 0 Å². The van der Waals surface area contributed by atoms with Gasteiger partial charge in [-0.25, -0.2) is 0 Å². The Bertz CT molecular complexity index is 515. The molecule has 1 aliphatic heterocycles. The van der Waals surface area contributed by atoms with Gasteiger partial charge in [0.05, 0.1) is 6.61 Å². The quantitative estimate of drug-likeness (QED) is 0.933. The number of hydrogen-bond donors (Lipinski definition) is 1. The van der Waals surface area contributed by atoms with Crippen molar-refractivity contribution >= 4 is 11.3 Å². The third-order valence-electron chi connectivity index (χ3n) is 4.49. The summed E-state index contributed by atoms with van der Waals surface area (Å²) in [7, 11) is 0. The average Bonchev–Trinajstić information content (AvgIpc) is 3.02. The van der Waals surface area contributed by atoms with Crippen molar-refractivity contribution in [1.29, 1.82) is 0 Å².